The number of benzene rings is 2. The highest BCUT2D eigenvalue weighted by Crippen LogP contribution is 2.16. The Morgan fingerprint density at radius 3 is 2.38 bits per heavy atom. The van der Waals surface area contributed by atoms with Crippen molar-refractivity contribution < 1.29 is 19.1 Å². The predicted octanol–water partition coefficient (Wildman–Crippen LogP) is 2.69. The Morgan fingerprint density at radius 1 is 1.14 bits per heavy atom. The maximum absolute atomic E-state index is 13.0. The first-order valence-electron chi connectivity index (χ1n) is 6.34. The fourth-order valence-electron chi connectivity index (χ4n) is 2.02. The number of rotatable bonds is 4. The first kappa shape index (κ1) is 14.7. The summed E-state index contributed by atoms with van der Waals surface area (Å²) in [5, 5.41) is 11.7. The lowest BCUT2D eigenvalue weighted by molar-refractivity contribution is -0.139. The topological polar surface area (TPSA) is 66.4 Å². The van der Waals surface area contributed by atoms with Gasteiger partial charge in [-0.2, -0.15) is 0 Å². The van der Waals surface area contributed by atoms with Crippen LogP contribution in [0.15, 0.2) is 48.5 Å². The number of hydrogen-bond acceptors (Lipinski definition) is 2. The highest BCUT2D eigenvalue weighted by Gasteiger charge is 2.23. The van der Waals surface area contributed by atoms with E-state index >= 15 is 0 Å². The number of aliphatic carboxylic acids is 1. The van der Waals surface area contributed by atoms with Crippen molar-refractivity contribution in [3.63, 3.8) is 0 Å². The molecule has 0 unspecified atom stereocenters. The summed E-state index contributed by atoms with van der Waals surface area (Å²) < 4.78 is 13.0. The molecule has 0 heterocycles. The van der Waals surface area contributed by atoms with Gasteiger partial charge in [0.05, 0.1) is 0 Å². The molecule has 2 rings (SSSR count). The Bertz CT molecular complexity index is 670. The van der Waals surface area contributed by atoms with Gasteiger partial charge in [0.15, 0.2) is 6.04 Å². The highest BCUT2D eigenvalue weighted by atomic mass is 19.1. The maximum Gasteiger partial charge on any atom is 0.330 e. The minimum atomic E-state index is -1.16. The zero-order valence-corrected chi connectivity index (χ0v) is 11.3. The van der Waals surface area contributed by atoms with Gasteiger partial charge < -0.3 is 10.4 Å². The van der Waals surface area contributed by atoms with Crippen LogP contribution >= 0.6 is 0 Å². The molecule has 0 saturated carbocycles. The standard InChI is InChI=1S/C16H14FNO3/c1-10-9-12(17)7-8-13(10)15(19)18-14(16(20)21)11-5-3-2-4-6-11/h2-9,14H,1H3,(H,18,19)(H,20,21)/t14-/m0/s1. The Kier molecular flexibility index (Phi) is 4.33. The van der Waals surface area contributed by atoms with E-state index in [1.165, 1.54) is 18.2 Å². The van der Waals surface area contributed by atoms with E-state index in [1.807, 2.05) is 0 Å². The molecule has 5 heteroatoms. The number of hydrogen-bond donors (Lipinski definition) is 2. The van der Waals surface area contributed by atoms with Crippen LogP contribution < -0.4 is 5.32 Å². The smallest absolute Gasteiger partial charge is 0.330 e. The van der Waals surface area contributed by atoms with Crippen LogP contribution in [0.2, 0.25) is 0 Å². The SMILES string of the molecule is Cc1cc(F)ccc1C(=O)N[C@H](C(=O)O)c1ccccc1. The molecule has 2 aromatic rings. The lowest BCUT2D eigenvalue weighted by Crippen LogP contribution is -2.34. The minimum absolute atomic E-state index is 0.249. The van der Waals surface area contributed by atoms with Crippen molar-refractivity contribution in [3.05, 3.63) is 71.0 Å². The quantitative estimate of drug-likeness (QED) is 0.908. The molecule has 0 bridgehead atoms. The molecule has 0 aliphatic carbocycles. The van der Waals surface area contributed by atoms with Crippen LogP contribution in [0, 0.1) is 12.7 Å². The molecule has 0 spiro atoms. The number of carboxylic acid groups (broad SMARTS) is 1. The molecule has 0 aliphatic heterocycles. The lowest BCUT2D eigenvalue weighted by Gasteiger charge is -2.15. The molecule has 1 atom stereocenters. The Labute approximate surface area is 121 Å². The number of carbonyl (C=O) groups is 2. The fourth-order valence-corrected chi connectivity index (χ4v) is 2.02. The number of nitrogens with one attached hydrogen (secondary N) is 1. The second-order valence-electron chi connectivity index (χ2n) is 4.61. The molecule has 0 radical (unpaired) electrons. The van der Waals surface area contributed by atoms with Crippen LogP contribution in [0.3, 0.4) is 0 Å². The van der Waals surface area contributed by atoms with Gasteiger partial charge in [-0.1, -0.05) is 30.3 Å². The van der Waals surface area contributed by atoms with Gasteiger partial charge in [-0.25, -0.2) is 9.18 Å². The highest BCUT2D eigenvalue weighted by molar-refractivity contribution is 5.98. The molecule has 2 aromatic carbocycles. The normalized spacial score (nSPS) is 11.7. The predicted molar refractivity (Wildman–Crippen MR) is 75.4 cm³/mol. The van der Waals surface area contributed by atoms with Gasteiger partial charge in [-0.3, -0.25) is 4.79 Å². The van der Waals surface area contributed by atoms with Gasteiger partial charge in [0, 0.05) is 5.56 Å². The molecule has 21 heavy (non-hydrogen) atoms. The van der Waals surface area contributed by atoms with Gasteiger partial charge in [-0.05, 0) is 36.2 Å². The molecular weight excluding hydrogens is 273 g/mol. The number of aryl methyl sites for hydroxylation is 1. The lowest BCUT2D eigenvalue weighted by atomic mass is 10.0. The molecule has 108 valence electrons. The van der Waals surface area contributed by atoms with E-state index in [0.717, 1.165) is 0 Å². The molecule has 0 fully saturated rings. The molecule has 0 saturated heterocycles. The second kappa shape index (κ2) is 6.17. The molecule has 0 aliphatic rings. The first-order chi connectivity index (χ1) is 9.99. The van der Waals surface area contributed by atoms with Gasteiger partial charge in [0.1, 0.15) is 5.82 Å². The van der Waals surface area contributed by atoms with Gasteiger partial charge in [0.2, 0.25) is 0 Å². The van der Waals surface area contributed by atoms with E-state index in [2.05, 4.69) is 5.32 Å². The second-order valence-corrected chi connectivity index (χ2v) is 4.61. The summed E-state index contributed by atoms with van der Waals surface area (Å²) in [5.74, 6) is -2.15. The third kappa shape index (κ3) is 3.45. The van der Waals surface area contributed by atoms with Crippen molar-refractivity contribution >= 4 is 11.9 Å². The van der Waals surface area contributed by atoms with Crippen molar-refractivity contribution in [1.29, 1.82) is 0 Å². The van der Waals surface area contributed by atoms with Crippen LogP contribution in [0.1, 0.15) is 27.5 Å². The van der Waals surface area contributed by atoms with Crippen LogP contribution in [-0.4, -0.2) is 17.0 Å². The summed E-state index contributed by atoms with van der Waals surface area (Å²) in [6.07, 6.45) is 0. The first-order valence-corrected chi connectivity index (χ1v) is 6.34. The van der Waals surface area contributed by atoms with E-state index in [0.29, 0.717) is 11.1 Å². The van der Waals surface area contributed by atoms with Crippen molar-refractivity contribution in [2.24, 2.45) is 0 Å². The van der Waals surface area contributed by atoms with E-state index in [9.17, 15) is 19.1 Å². The summed E-state index contributed by atoms with van der Waals surface area (Å²) in [6, 6.07) is 11.0. The number of halogens is 1. The average molecular weight is 287 g/mol. The summed E-state index contributed by atoms with van der Waals surface area (Å²) in [6.45, 7) is 1.59. The van der Waals surface area contributed by atoms with E-state index < -0.39 is 23.7 Å². The Hall–Kier alpha value is -2.69. The van der Waals surface area contributed by atoms with Crippen molar-refractivity contribution in [1.82, 2.24) is 5.32 Å². The summed E-state index contributed by atoms with van der Waals surface area (Å²) in [7, 11) is 0. The van der Waals surface area contributed by atoms with Crippen molar-refractivity contribution in [2.75, 3.05) is 0 Å². The van der Waals surface area contributed by atoms with E-state index in [1.54, 1.807) is 37.3 Å². The maximum atomic E-state index is 13.0. The summed E-state index contributed by atoms with van der Waals surface area (Å²) in [4.78, 5) is 23.5. The molecule has 0 aromatic heterocycles. The van der Waals surface area contributed by atoms with Gasteiger partial charge in [0.25, 0.3) is 5.91 Å². The molecule has 4 nitrogen and oxygen atoms in total. The van der Waals surface area contributed by atoms with Crippen LogP contribution in [0.4, 0.5) is 4.39 Å². The molecular formula is C16H14FNO3. The zero-order valence-electron chi connectivity index (χ0n) is 11.3. The van der Waals surface area contributed by atoms with Gasteiger partial charge >= 0.3 is 5.97 Å². The third-order valence-electron chi connectivity index (χ3n) is 3.09. The number of amides is 1. The summed E-state index contributed by atoms with van der Waals surface area (Å²) >= 11 is 0. The van der Waals surface area contributed by atoms with E-state index in [-0.39, 0.29) is 5.56 Å². The molecule has 2 N–H and O–H groups in total. The average Bonchev–Trinajstić information content (AvgIpc) is 2.45. The number of carboxylic acids is 1. The number of carbonyl (C=O) groups excluding carboxylic acids is 1. The summed E-state index contributed by atoms with van der Waals surface area (Å²) in [5.41, 5.74) is 1.17. The minimum Gasteiger partial charge on any atom is -0.479 e. The largest absolute Gasteiger partial charge is 0.479 e. The third-order valence-corrected chi connectivity index (χ3v) is 3.09. The van der Waals surface area contributed by atoms with Gasteiger partial charge in [-0.15, -0.1) is 0 Å². The molecule has 1 amide bonds. The van der Waals surface area contributed by atoms with Crippen molar-refractivity contribution in [3.8, 4) is 0 Å². The van der Waals surface area contributed by atoms with Crippen LogP contribution in [-0.2, 0) is 4.79 Å². The zero-order chi connectivity index (χ0) is 15.4. The van der Waals surface area contributed by atoms with Crippen LogP contribution in [0.25, 0.3) is 0 Å². The van der Waals surface area contributed by atoms with Crippen molar-refractivity contribution in [2.45, 2.75) is 13.0 Å². The monoisotopic (exact) mass is 287 g/mol. The Balaban J connectivity index is 2.25. The van der Waals surface area contributed by atoms with E-state index in [4.69, 9.17) is 0 Å². The fraction of sp³-hybridized carbons (Fsp3) is 0.125. The van der Waals surface area contributed by atoms with Crippen LogP contribution in [0.5, 0.6) is 0 Å². The Morgan fingerprint density at radius 2 is 1.81 bits per heavy atom.